The van der Waals surface area contributed by atoms with Gasteiger partial charge in [0.05, 0.1) is 18.4 Å². The molecular weight excluding hydrogens is 346 g/mol. The van der Waals surface area contributed by atoms with Crippen molar-refractivity contribution in [2.45, 2.75) is 33.1 Å². The van der Waals surface area contributed by atoms with E-state index >= 15 is 0 Å². The number of hydrogen-bond acceptors (Lipinski definition) is 4. The summed E-state index contributed by atoms with van der Waals surface area (Å²) in [6, 6.07) is 6.93. The SMILES string of the molecule is CC1(C)[C@H](C(=O)O)[C@H]1C(=O)Nc1cccc(NC(=O)CN2CCCCC2)c1. The van der Waals surface area contributed by atoms with Crippen LogP contribution in [-0.4, -0.2) is 47.4 Å². The summed E-state index contributed by atoms with van der Waals surface area (Å²) in [4.78, 5) is 38.1. The van der Waals surface area contributed by atoms with Crippen molar-refractivity contribution < 1.29 is 19.5 Å². The lowest BCUT2D eigenvalue weighted by Gasteiger charge is -2.25. The molecule has 3 rings (SSSR count). The van der Waals surface area contributed by atoms with E-state index in [1.165, 1.54) is 6.42 Å². The third kappa shape index (κ3) is 4.47. The first-order valence-electron chi connectivity index (χ1n) is 9.45. The van der Waals surface area contributed by atoms with Crippen LogP contribution in [0.5, 0.6) is 0 Å². The van der Waals surface area contributed by atoms with E-state index in [-0.39, 0.29) is 11.8 Å². The van der Waals surface area contributed by atoms with Crippen LogP contribution in [0.25, 0.3) is 0 Å². The van der Waals surface area contributed by atoms with Gasteiger partial charge in [0.2, 0.25) is 11.8 Å². The molecule has 0 spiro atoms. The maximum atomic E-state index is 12.4. The number of nitrogens with zero attached hydrogens (tertiary/aromatic N) is 1. The molecule has 2 aliphatic rings. The highest BCUT2D eigenvalue weighted by Gasteiger charge is 2.65. The van der Waals surface area contributed by atoms with Gasteiger partial charge in [-0.05, 0) is 49.5 Å². The number of piperidine rings is 1. The lowest BCUT2D eigenvalue weighted by atomic mass is 10.1. The molecule has 1 saturated carbocycles. The van der Waals surface area contributed by atoms with E-state index in [1.54, 1.807) is 38.1 Å². The quantitative estimate of drug-likeness (QED) is 0.711. The zero-order valence-corrected chi connectivity index (χ0v) is 15.8. The number of carbonyl (C=O) groups is 3. The van der Waals surface area contributed by atoms with Crippen molar-refractivity contribution in [1.29, 1.82) is 0 Å². The number of nitrogens with one attached hydrogen (secondary N) is 2. The summed E-state index contributed by atoms with van der Waals surface area (Å²) in [7, 11) is 0. The van der Waals surface area contributed by atoms with Gasteiger partial charge >= 0.3 is 5.97 Å². The van der Waals surface area contributed by atoms with E-state index in [0.29, 0.717) is 17.9 Å². The number of rotatable bonds is 6. The van der Waals surface area contributed by atoms with Crippen molar-refractivity contribution in [1.82, 2.24) is 4.90 Å². The Labute approximate surface area is 159 Å². The van der Waals surface area contributed by atoms with Crippen LogP contribution in [0.15, 0.2) is 24.3 Å². The van der Waals surface area contributed by atoms with Crippen LogP contribution < -0.4 is 10.6 Å². The molecule has 1 saturated heterocycles. The summed E-state index contributed by atoms with van der Waals surface area (Å²) in [5.41, 5.74) is 0.609. The third-order valence-electron chi connectivity index (χ3n) is 5.61. The number of carboxylic acid groups (broad SMARTS) is 1. The monoisotopic (exact) mass is 373 g/mol. The molecule has 2 fully saturated rings. The Morgan fingerprint density at radius 1 is 1.07 bits per heavy atom. The molecule has 27 heavy (non-hydrogen) atoms. The molecule has 7 nitrogen and oxygen atoms in total. The molecule has 0 bridgehead atoms. The standard InChI is InChI=1S/C20H27N3O4/c1-20(2)16(17(20)19(26)27)18(25)22-14-8-6-7-13(11-14)21-15(24)12-23-9-4-3-5-10-23/h6-8,11,16-17H,3-5,9-10,12H2,1-2H3,(H,21,24)(H,22,25)(H,26,27)/t16-,17-/m0/s1. The zero-order chi connectivity index (χ0) is 19.6. The van der Waals surface area contributed by atoms with Crippen LogP contribution in [0, 0.1) is 17.3 Å². The van der Waals surface area contributed by atoms with Crippen molar-refractivity contribution in [3.05, 3.63) is 24.3 Å². The van der Waals surface area contributed by atoms with Crippen LogP contribution >= 0.6 is 0 Å². The molecule has 2 amide bonds. The van der Waals surface area contributed by atoms with Crippen LogP contribution in [0.3, 0.4) is 0 Å². The number of hydrogen-bond donors (Lipinski definition) is 3. The molecule has 2 atom stereocenters. The maximum Gasteiger partial charge on any atom is 0.307 e. The molecule has 3 N–H and O–H groups in total. The summed E-state index contributed by atoms with van der Waals surface area (Å²) >= 11 is 0. The van der Waals surface area contributed by atoms with E-state index in [1.807, 2.05) is 0 Å². The molecular formula is C20H27N3O4. The Hall–Kier alpha value is -2.41. The maximum absolute atomic E-state index is 12.4. The first-order valence-corrected chi connectivity index (χ1v) is 9.45. The van der Waals surface area contributed by atoms with Crippen LogP contribution in [0.2, 0.25) is 0 Å². The van der Waals surface area contributed by atoms with Crippen molar-refractivity contribution >= 4 is 29.2 Å². The number of carbonyl (C=O) groups excluding carboxylic acids is 2. The van der Waals surface area contributed by atoms with E-state index in [9.17, 15) is 19.5 Å². The molecule has 1 aromatic carbocycles. The van der Waals surface area contributed by atoms with Gasteiger partial charge in [0.25, 0.3) is 0 Å². The Morgan fingerprint density at radius 2 is 1.70 bits per heavy atom. The summed E-state index contributed by atoms with van der Waals surface area (Å²) in [6.45, 7) is 5.84. The molecule has 7 heteroatoms. The first kappa shape index (κ1) is 19.4. The van der Waals surface area contributed by atoms with Gasteiger partial charge in [-0.3, -0.25) is 19.3 Å². The Balaban J connectivity index is 1.56. The third-order valence-corrected chi connectivity index (χ3v) is 5.61. The number of benzene rings is 1. The van der Waals surface area contributed by atoms with Crippen LogP contribution in [0.4, 0.5) is 11.4 Å². The Morgan fingerprint density at radius 3 is 2.30 bits per heavy atom. The van der Waals surface area contributed by atoms with Gasteiger partial charge in [0.1, 0.15) is 0 Å². The average Bonchev–Trinajstić information content (AvgIpc) is 3.19. The number of carboxylic acids is 1. The van der Waals surface area contributed by atoms with Crippen LogP contribution in [-0.2, 0) is 14.4 Å². The largest absolute Gasteiger partial charge is 0.481 e. The zero-order valence-electron chi connectivity index (χ0n) is 15.8. The average molecular weight is 373 g/mol. The van der Waals surface area contributed by atoms with Gasteiger partial charge in [-0.2, -0.15) is 0 Å². The number of amides is 2. The van der Waals surface area contributed by atoms with Crippen molar-refractivity contribution in [2.24, 2.45) is 17.3 Å². The molecule has 1 aliphatic heterocycles. The predicted octanol–water partition coefficient (Wildman–Crippen LogP) is 2.41. The van der Waals surface area contributed by atoms with E-state index in [4.69, 9.17) is 0 Å². The smallest absolute Gasteiger partial charge is 0.307 e. The van der Waals surface area contributed by atoms with Gasteiger partial charge in [0, 0.05) is 11.4 Å². The fourth-order valence-corrected chi connectivity index (χ4v) is 4.00. The molecule has 146 valence electrons. The number of aliphatic carboxylic acids is 1. The summed E-state index contributed by atoms with van der Waals surface area (Å²) in [5.74, 6) is -2.53. The normalized spacial score (nSPS) is 24.1. The highest BCUT2D eigenvalue weighted by molar-refractivity contribution is 6.00. The fourth-order valence-electron chi connectivity index (χ4n) is 4.00. The van der Waals surface area contributed by atoms with Gasteiger partial charge in [-0.25, -0.2) is 0 Å². The van der Waals surface area contributed by atoms with Gasteiger partial charge in [-0.15, -0.1) is 0 Å². The molecule has 1 heterocycles. The van der Waals surface area contributed by atoms with Crippen molar-refractivity contribution in [3.8, 4) is 0 Å². The second-order valence-electron chi connectivity index (χ2n) is 8.07. The summed E-state index contributed by atoms with van der Waals surface area (Å²) in [6.07, 6.45) is 3.48. The highest BCUT2D eigenvalue weighted by atomic mass is 16.4. The second kappa shape index (κ2) is 7.68. The lowest BCUT2D eigenvalue weighted by Crippen LogP contribution is -2.36. The molecule has 0 unspecified atom stereocenters. The molecule has 0 radical (unpaired) electrons. The lowest BCUT2D eigenvalue weighted by molar-refractivity contribution is -0.140. The minimum atomic E-state index is -0.945. The van der Waals surface area contributed by atoms with Gasteiger partial charge in [-0.1, -0.05) is 26.3 Å². The van der Waals surface area contributed by atoms with E-state index < -0.39 is 23.2 Å². The minimum Gasteiger partial charge on any atom is -0.481 e. The second-order valence-corrected chi connectivity index (χ2v) is 8.07. The summed E-state index contributed by atoms with van der Waals surface area (Å²) < 4.78 is 0. The first-order chi connectivity index (χ1) is 12.8. The van der Waals surface area contributed by atoms with Gasteiger partial charge < -0.3 is 15.7 Å². The highest BCUT2D eigenvalue weighted by Crippen LogP contribution is 2.58. The molecule has 1 aliphatic carbocycles. The van der Waals surface area contributed by atoms with Crippen molar-refractivity contribution in [2.75, 3.05) is 30.3 Å². The summed E-state index contributed by atoms with van der Waals surface area (Å²) in [5, 5.41) is 14.9. The molecule has 1 aromatic rings. The van der Waals surface area contributed by atoms with Crippen molar-refractivity contribution in [3.63, 3.8) is 0 Å². The number of anilines is 2. The molecule has 0 aromatic heterocycles. The fraction of sp³-hybridized carbons (Fsp3) is 0.550. The number of likely N-dealkylation sites (tertiary alicyclic amines) is 1. The van der Waals surface area contributed by atoms with Gasteiger partial charge in [0.15, 0.2) is 0 Å². The van der Waals surface area contributed by atoms with E-state index in [0.717, 1.165) is 25.9 Å². The Bertz CT molecular complexity index is 740. The van der Waals surface area contributed by atoms with E-state index in [2.05, 4.69) is 15.5 Å². The Kier molecular flexibility index (Phi) is 5.51. The topological polar surface area (TPSA) is 98.7 Å². The predicted molar refractivity (Wildman–Crippen MR) is 102 cm³/mol. The minimum absolute atomic E-state index is 0.0744. The van der Waals surface area contributed by atoms with Crippen LogP contribution in [0.1, 0.15) is 33.1 Å².